The number of esters is 1. The zero-order valence-electron chi connectivity index (χ0n) is 20.2. The molecule has 9 heteroatoms. The summed E-state index contributed by atoms with van der Waals surface area (Å²) in [5, 5.41) is 3.11. The van der Waals surface area contributed by atoms with Crippen molar-refractivity contribution >= 4 is 27.4 Å². The van der Waals surface area contributed by atoms with Crippen LogP contribution >= 0.6 is 0 Å². The molecule has 0 spiro atoms. The van der Waals surface area contributed by atoms with E-state index < -0.39 is 16.0 Å². The molecule has 0 aliphatic rings. The molecular weight excluding hydrogens is 492 g/mol. The number of sulfonamides is 1. The third-order valence-electron chi connectivity index (χ3n) is 5.59. The molecule has 4 rings (SSSR count). The molecule has 4 aromatic carbocycles. The molecule has 0 heterocycles. The van der Waals surface area contributed by atoms with Crippen molar-refractivity contribution in [1.82, 2.24) is 0 Å². The first-order valence-corrected chi connectivity index (χ1v) is 12.8. The largest absolute Gasteiger partial charge is 0.465 e. The molecular formula is C28H24N2O6S. The first-order valence-electron chi connectivity index (χ1n) is 11.3. The van der Waals surface area contributed by atoms with Crippen molar-refractivity contribution < 1.29 is 22.7 Å². The molecule has 1 N–H and O–H groups in total. The summed E-state index contributed by atoms with van der Waals surface area (Å²) in [4.78, 5) is 23.9. The van der Waals surface area contributed by atoms with Crippen molar-refractivity contribution in [3.63, 3.8) is 0 Å². The lowest BCUT2D eigenvalue weighted by molar-refractivity contribution is 0.0601. The molecule has 188 valence electrons. The van der Waals surface area contributed by atoms with Gasteiger partial charge in [-0.05, 0) is 78.2 Å². The zero-order valence-corrected chi connectivity index (χ0v) is 21.0. The molecule has 8 nitrogen and oxygen atoms in total. The second-order valence-electron chi connectivity index (χ2n) is 8.26. The second kappa shape index (κ2) is 11.0. The molecule has 0 aromatic heterocycles. The van der Waals surface area contributed by atoms with Gasteiger partial charge in [-0.1, -0.05) is 48.0 Å². The van der Waals surface area contributed by atoms with Crippen LogP contribution in [0.4, 0.5) is 11.4 Å². The first kappa shape index (κ1) is 25.6. The first-order chi connectivity index (χ1) is 17.8. The minimum atomic E-state index is -3.95. The summed E-state index contributed by atoms with van der Waals surface area (Å²) >= 11 is 0. The molecule has 0 saturated carbocycles. The van der Waals surface area contributed by atoms with Gasteiger partial charge in [-0.15, -0.1) is 4.91 Å². The van der Waals surface area contributed by atoms with Gasteiger partial charge in [0.05, 0.1) is 23.3 Å². The molecule has 0 aliphatic carbocycles. The lowest BCUT2D eigenvalue weighted by Crippen LogP contribution is -2.16. The fraction of sp³-hybridized carbons (Fsp3) is 0.107. The topological polar surface area (TPSA) is 111 Å². The molecule has 0 unspecified atom stereocenters. The van der Waals surface area contributed by atoms with E-state index in [1.54, 1.807) is 30.3 Å². The Balaban J connectivity index is 1.62. The number of aryl methyl sites for hydroxylation is 1. The average molecular weight is 517 g/mol. The van der Waals surface area contributed by atoms with Crippen LogP contribution < -0.4 is 9.46 Å². The third-order valence-corrected chi connectivity index (χ3v) is 6.98. The predicted molar refractivity (Wildman–Crippen MR) is 141 cm³/mol. The zero-order chi connectivity index (χ0) is 26.4. The van der Waals surface area contributed by atoms with Crippen LogP contribution in [-0.4, -0.2) is 21.5 Å². The van der Waals surface area contributed by atoms with Gasteiger partial charge in [-0.25, -0.2) is 13.2 Å². The van der Waals surface area contributed by atoms with Gasteiger partial charge in [-0.2, -0.15) is 0 Å². The van der Waals surface area contributed by atoms with Crippen LogP contribution in [0.2, 0.25) is 0 Å². The fourth-order valence-electron chi connectivity index (χ4n) is 3.68. The van der Waals surface area contributed by atoms with Crippen LogP contribution in [0.25, 0.3) is 0 Å². The normalized spacial score (nSPS) is 11.0. The summed E-state index contributed by atoms with van der Waals surface area (Å²) in [5.41, 5.74) is 2.92. The van der Waals surface area contributed by atoms with E-state index in [2.05, 4.69) is 9.90 Å². The van der Waals surface area contributed by atoms with Crippen molar-refractivity contribution in [1.29, 1.82) is 0 Å². The molecule has 0 saturated heterocycles. The van der Waals surface area contributed by atoms with Gasteiger partial charge in [0, 0.05) is 0 Å². The Morgan fingerprint density at radius 1 is 0.892 bits per heavy atom. The molecule has 0 bridgehead atoms. The minimum absolute atomic E-state index is 0.0219. The van der Waals surface area contributed by atoms with E-state index in [1.165, 1.54) is 37.4 Å². The van der Waals surface area contributed by atoms with Crippen LogP contribution in [0.15, 0.2) is 101 Å². The number of carbonyl (C=O) groups excluding carboxylic acids is 1. The Morgan fingerprint density at radius 2 is 1.57 bits per heavy atom. The highest BCUT2D eigenvalue weighted by Crippen LogP contribution is 2.32. The maximum absolute atomic E-state index is 12.9. The second-order valence-corrected chi connectivity index (χ2v) is 9.95. The quantitative estimate of drug-likeness (QED) is 0.205. The summed E-state index contributed by atoms with van der Waals surface area (Å²) < 4.78 is 39.0. The van der Waals surface area contributed by atoms with E-state index in [0.717, 1.165) is 11.1 Å². The summed E-state index contributed by atoms with van der Waals surface area (Å²) in [6.45, 7) is 1.85. The monoisotopic (exact) mass is 516 g/mol. The minimum Gasteiger partial charge on any atom is -0.465 e. The Morgan fingerprint density at radius 3 is 2.24 bits per heavy atom. The predicted octanol–water partition coefficient (Wildman–Crippen LogP) is 6.36. The van der Waals surface area contributed by atoms with Crippen LogP contribution in [0, 0.1) is 11.8 Å². The average Bonchev–Trinajstić information content (AvgIpc) is 2.90. The summed E-state index contributed by atoms with van der Waals surface area (Å²) in [5.74, 6) is -0.0457. The number of hydrogen-bond donors (Lipinski definition) is 1. The number of anilines is 1. The number of rotatable bonds is 9. The standard InChI is InChI=1S/C28H24N2O6S/c1-19-8-12-24(13-9-19)37(33,34)30-27-15-11-23(18-25(27)28(31)35-2)36-22-10-14-26(29-32)21(17-22)16-20-6-4-3-5-7-20/h3-15,17-18,30H,16H2,1-2H3. The smallest absolute Gasteiger partial charge is 0.340 e. The Kier molecular flexibility index (Phi) is 7.64. The van der Waals surface area contributed by atoms with Crippen LogP contribution in [0.3, 0.4) is 0 Å². The number of ether oxygens (including phenoxy) is 2. The van der Waals surface area contributed by atoms with Gasteiger partial charge >= 0.3 is 5.97 Å². The van der Waals surface area contributed by atoms with E-state index >= 15 is 0 Å². The van der Waals surface area contributed by atoms with Gasteiger partial charge in [0.1, 0.15) is 17.2 Å². The molecule has 0 aliphatic heterocycles. The van der Waals surface area contributed by atoms with Gasteiger partial charge in [0.25, 0.3) is 10.0 Å². The Labute approximate surface area is 214 Å². The van der Waals surface area contributed by atoms with Crippen LogP contribution in [-0.2, 0) is 21.2 Å². The number of nitroso groups, excluding NO2 is 1. The lowest BCUT2D eigenvalue weighted by Gasteiger charge is -2.14. The van der Waals surface area contributed by atoms with Gasteiger partial charge in [-0.3, -0.25) is 4.72 Å². The van der Waals surface area contributed by atoms with Gasteiger partial charge in [0.2, 0.25) is 0 Å². The number of hydrogen-bond acceptors (Lipinski definition) is 7. The molecule has 0 radical (unpaired) electrons. The van der Waals surface area contributed by atoms with E-state index in [1.807, 2.05) is 37.3 Å². The van der Waals surface area contributed by atoms with Crippen LogP contribution in [0.5, 0.6) is 11.5 Å². The third kappa shape index (κ3) is 6.20. The summed E-state index contributed by atoms with van der Waals surface area (Å²) in [7, 11) is -2.74. The number of nitrogens with one attached hydrogen (secondary N) is 1. The van der Waals surface area contributed by atoms with E-state index in [0.29, 0.717) is 23.4 Å². The van der Waals surface area contributed by atoms with E-state index in [-0.39, 0.29) is 21.9 Å². The molecule has 4 aromatic rings. The van der Waals surface area contributed by atoms with Crippen molar-refractivity contribution in [3.05, 3.63) is 118 Å². The molecule has 0 fully saturated rings. The SMILES string of the molecule is COC(=O)c1cc(Oc2ccc(N=O)c(Cc3ccccc3)c2)ccc1NS(=O)(=O)c1ccc(C)cc1. The number of carbonyl (C=O) groups is 1. The molecule has 0 atom stereocenters. The fourth-order valence-corrected chi connectivity index (χ4v) is 4.76. The maximum atomic E-state index is 12.9. The molecule has 0 amide bonds. The lowest BCUT2D eigenvalue weighted by atomic mass is 10.0. The summed E-state index contributed by atoms with van der Waals surface area (Å²) in [6.07, 6.45) is 0.478. The van der Waals surface area contributed by atoms with Crippen molar-refractivity contribution in [2.45, 2.75) is 18.2 Å². The summed E-state index contributed by atoms with van der Waals surface area (Å²) in [6, 6.07) is 25.2. The number of benzene rings is 4. The highest BCUT2D eigenvalue weighted by Gasteiger charge is 2.20. The van der Waals surface area contributed by atoms with Crippen LogP contribution in [0.1, 0.15) is 27.0 Å². The van der Waals surface area contributed by atoms with E-state index in [9.17, 15) is 18.1 Å². The van der Waals surface area contributed by atoms with Gasteiger partial charge in [0.15, 0.2) is 0 Å². The van der Waals surface area contributed by atoms with Crippen molar-refractivity contribution in [2.24, 2.45) is 5.18 Å². The van der Waals surface area contributed by atoms with Crippen molar-refractivity contribution in [2.75, 3.05) is 11.8 Å². The van der Waals surface area contributed by atoms with Gasteiger partial charge < -0.3 is 9.47 Å². The molecule has 37 heavy (non-hydrogen) atoms. The highest BCUT2D eigenvalue weighted by molar-refractivity contribution is 7.92. The Hall–Kier alpha value is -4.50. The Bertz CT molecular complexity index is 1540. The maximum Gasteiger partial charge on any atom is 0.340 e. The number of nitrogens with zero attached hydrogens (tertiary/aromatic N) is 1. The number of methoxy groups -OCH3 is 1. The van der Waals surface area contributed by atoms with E-state index in [4.69, 9.17) is 9.47 Å². The van der Waals surface area contributed by atoms with Crippen molar-refractivity contribution in [3.8, 4) is 11.5 Å². The highest BCUT2D eigenvalue weighted by atomic mass is 32.2.